The van der Waals surface area contributed by atoms with Crippen molar-refractivity contribution >= 4 is 54.8 Å². The molecule has 0 spiro atoms. The van der Waals surface area contributed by atoms with Crippen LogP contribution in [-0.2, 0) is 20.0 Å². The van der Waals surface area contributed by atoms with Gasteiger partial charge in [-0.15, -0.1) is 11.8 Å². The zero-order valence-electron chi connectivity index (χ0n) is 21.5. The van der Waals surface area contributed by atoms with Crippen molar-refractivity contribution in [3.05, 3.63) is 108 Å². The minimum Gasteiger partial charge on any atom is -0.322 e. The van der Waals surface area contributed by atoms with Gasteiger partial charge in [0.1, 0.15) is 0 Å². The lowest BCUT2D eigenvalue weighted by molar-refractivity contribution is 0.102. The number of nitrogens with zero attached hydrogens (tertiary/aromatic N) is 1. The summed E-state index contributed by atoms with van der Waals surface area (Å²) in [5.74, 6) is -0.423. The molecule has 4 aromatic carbocycles. The van der Waals surface area contributed by atoms with Crippen molar-refractivity contribution in [2.24, 2.45) is 0 Å². The van der Waals surface area contributed by atoms with Gasteiger partial charge < -0.3 is 5.32 Å². The molecule has 0 heterocycles. The zero-order valence-corrected chi connectivity index (χ0v) is 23.9. The minimum absolute atomic E-state index is 0.0560. The van der Waals surface area contributed by atoms with E-state index in [9.17, 15) is 21.6 Å². The monoisotopic (exact) mass is 581 g/mol. The highest BCUT2D eigenvalue weighted by molar-refractivity contribution is 7.98. The van der Waals surface area contributed by atoms with Gasteiger partial charge in [-0.25, -0.2) is 16.8 Å². The molecule has 0 aliphatic rings. The Bertz CT molecular complexity index is 1690. The number of sulfonamides is 2. The van der Waals surface area contributed by atoms with E-state index in [1.54, 1.807) is 48.5 Å². The summed E-state index contributed by atoms with van der Waals surface area (Å²) in [6, 6.07) is 25.7. The first kappa shape index (κ1) is 28.2. The molecule has 11 heteroatoms. The van der Waals surface area contributed by atoms with Gasteiger partial charge in [0.25, 0.3) is 26.0 Å². The van der Waals surface area contributed by atoms with Gasteiger partial charge in [-0.1, -0.05) is 18.2 Å². The van der Waals surface area contributed by atoms with Crippen molar-refractivity contribution < 1.29 is 21.6 Å². The number of benzene rings is 4. The first-order valence-electron chi connectivity index (χ1n) is 11.7. The Labute approximate surface area is 233 Å². The first-order chi connectivity index (χ1) is 18.5. The normalized spacial score (nSPS) is 11.6. The van der Waals surface area contributed by atoms with Gasteiger partial charge in [-0.3, -0.25) is 13.8 Å². The number of hydrogen-bond acceptors (Lipinski definition) is 6. The topological polar surface area (TPSA) is 113 Å². The third kappa shape index (κ3) is 6.44. The maximum Gasteiger partial charge on any atom is 0.264 e. The Morgan fingerprint density at radius 2 is 1.36 bits per heavy atom. The van der Waals surface area contributed by atoms with Crippen molar-refractivity contribution in [3.8, 4) is 0 Å². The molecular formula is C28H27N3O5S3. The van der Waals surface area contributed by atoms with E-state index in [4.69, 9.17) is 0 Å². The molecule has 4 rings (SSSR count). The Morgan fingerprint density at radius 3 is 1.95 bits per heavy atom. The Balaban J connectivity index is 1.43. The maximum atomic E-state index is 13.0. The van der Waals surface area contributed by atoms with Crippen LogP contribution in [0.4, 0.5) is 17.1 Å². The third-order valence-electron chi connectivity index (χ3n) is 6.02. The lowest BCUT2D eigenvalue weighted by Crippen LogP contribution is -2.26. The largest absolute Gasteiger partial charge is 0.322 e. The highest BCUT2D eigenvalue weighted by Crippen LogP contribution is 2.25. The fraction of sp³-hybridized carbons (Fsp3) is 0.107. The summed E-state index contributed by atoms with van der Waals surface area (Å²) < 4.78 is 55.2. The van der Waals surface area contributed by atoms with Gasteiger partial charge in [0.2, 0.25) is 0 Å². The fourth-order valence-corrected chi connectivity index (χ4v) is 6.41. The van der Waals surface area contributed by atoms with Crippen molar-refractivity contribution in [1.29, 1.82) is 0 Å². The lowest BCUT2D eigenvalue weighted by Gasteiger charge is -2.20. The molecular weight excluding hydrogens is 555 g/mol. The van der Waals surface area contributed by atoms with E-state index in [0.717, 1.165) is 14.8 Å². The average Bonchev–Trinajstić information content (AvgIpc) is 2.94. The number of nitrogens with one attached hydrogen (secondary N) is 2. The van der Waals surface area contributed by atoms with E-state index >= 15 is 0 Å². The molecule has 2 N–H and O–H groups in total. The van der Waals surface area contributed by atoms with Gasteiger partial charge in [0.05, 0.1) is 21.2 Å². The predicted molar refractivity (Wildman–Crippen MR) is 157 cm³/mol. The van der Waals surface area contributed by atoms with Crippen LogP contribution >= 0.6 is 11.8 Å². The molecule has 202 valence electrons. The molecule has 0 saturated carbocycles. The molecule has 0 aliphatic heterocycles. The van der Waals surface area contributed by atoms with Crippen LogP contribution in [0.25, 0.3) is 0 Å². The van der Waals surface area contributed by atoms with Crippen LogP contribution < -0.4 is 14.3 Å². The average molecular weight is 582 g/mol. The van der Waals surface area contributed by atoms with Crippen LogP contribution in [0.3, 0.4) is 0 Å². The van der Waals surface area contributed by atoms with Crippen LogP contribution in [0.5, 0.6) is 0 Å². The minimum atomic E-state index is -3.80. The number of thioether (sulfide) groups is 1. The zero-order chi connectivity index (χ0) is 28.2. The maximum absolute atomic E-state index is 13.0. The Hall–Kier alpha value is -3.80. The van der Waals surface area contributed by atoms with Gasteiger partial charge in [0, 0.05) is 23.2 Å². The summed E-state index contributed by atoms with van der Waals surface area (Å²) in [6.45, 7) is 1.81. The lowest BCUT2D eigenvalue weighted by atomic mass is 10.2. The van der Waals surface area contributed by atoms with Gasteiger partial charge in [0.15, 0.2) is 0 Å². The molecule has 39 heavy (non-hydrogen) atoms. The smallest absolute Gasteiger partial charge is 0.264 e. The SMILES string of the molecule is CSc1ccc(S(=O)(=O)N(C)c2ccc(C(=O)Nc3ccc(S(=O)(=O)Nc4ccccc4C)cc3)cc2)cc1. The summed E-state index contributed by atoms with van der Waals surface area (Å²) in [5.41, 5.74) is 2.41. The van der Waals surface area contributed by atoms with Gasteiger partial charge >= 0.3 is 0 Å². The molecule has 0 saturated heterocycles. The molecule has 8 nitrogen and oxygen atoms in total. The molecule has 4 aromatic rings. The Kier molecular flexibility index (Phi) is 8.34. The summed E-state index contributed by atoms with van der Waals surface area (Å²) in [4.78, 5) is 13.9. The third-order valence-corrected chi connectivity index (χ3v) is 9.95. The highest BCUT2D eigenvalue weighted by Gasteiger charge is 2.22. The second-order valence-corrected chi connectivity index (χ2v) is 13.1. The van der Waals surface area contributed by atoms with Crippen LogP contribution in [-0.4, -0.2) is 36.0 Å². The second kappa shape index (κ2) is 11.5. The summed E-state index contributed by atoms with van der Waals surface area (Å²) in [5, 5.41) is 2.72. The van der Waals surface area contributed by atoms with Gasteiger partial charge in [-0.2, -0.15) is 0 Å². The van der Waals surface area contributed by atoms with Crippen LogP contribution in [0.2, 0.25) is 0 Å². The van der Waals surface area contributed by atoms with Gasteiger partial charge in [-0.05, 0) is 97.6 Å². The van der Waals surface area contributed by atoms with E-state index in [1.807, 2.05) is 25.3 Å². The first-order valence-corrected chi connectivity index (χ1v) is 15.9. The van der Waals surface area contributed by atoms with Crippen molar-refractivity contribution in [1.82, 2.24) is 0 Å². The number of anilines is 3. The number of rotatable bonds is 9. The molecule has 0 unspecified atom stereocenters. The molecule has 0 fully saturated rings. The van der Waals surface area contributed by atoms with Crippen LogP contribution in [0.15, 0.2) is 112 Å². The van der Waals surface area contributed by atoms with E-state index in [2.05, 4.69) is 10.0 Å². The van der Waals surface area contributed by atoms with E-state index in [-0.39, 0.29) is 9.79 Å². The molecule has 0 bridgehead atoms. The number of amides is 1. The molecule has 1 amide bonds. The number of carbonyl (C=O) groups excluding carboxylic acids is 1. The van der Waals surface area contributed by atoms with E-state index < -0.39 is 26.0 Å². The standard InChI is InChI=1S/C28H27N3O5S3/c1-20-6-4-5-7-27(20)30-38(33,34)25-16-10-22(11-17-25)29-28(32)21-8-12-23(13-9-21)31(2)39(35,36)26-18-14-24(37-3)15-19-26/h4-19,30H,1-3H3,(H,29,32). The number of carbonyl (C=O) groups is 1. The van der Waals surface area contributed by atoms with Crippen molar-refractivity contribution in [2.75, 3.05) is 27.6 Å². The number of para-hydroxylation sites is 1. The van der Waals surface area contributed by atoms with Crippen molar-refractivity contribution in [2.45, 2.75) is 21.6 Å². The number of hydrogen-bond donors (Lipinski definition) is 2. The van der Waals surface area contributed by atoms with E-state index in [0.29, 0.717) is 22.6 Å². The quantitative estimate of drug-likeness (QED) is 0.249. The molecule has 0 aliphatic carbocycles. The van der Waals surface area contributed by atoms with E-state index in [1.165, 1.54) is 55.2 Å². The predicted octanol–water partition coefficient (Wildman–Crippen LogP) is 5.60. The summed E-state index contributed by atoms with van der Waals surface area (Å²) in [7, 11) is -6.11. The number of aryl methyl sites for hydroxylation is 1. The molecule has 0 atom stereocenters. The summed E-state index contributed by atoms with van der Waals surface area (Å²) in [6.07, 6.45) is 1.91. The molecule has 0 aromatic heterocycles. The second-order valence-electron chi connectivity index (χ2n) is 8.59. The van der Waals surface area contributed by atoms with Crippen LogP contribution in [0.1, 0.15) is 15.9 Å². The Morgan fingerprint density at radius 1 is 0.769 bits per heavy atom. The summed E-state index contributed by atoms with van der Waals surface area (Å²) >= 11 is 1.52. The van der Waals surface area contributed by atoms with Crippen molar-refractivity contribution in [3.63, 3.8) is 0 Å². The fourth-order valence-electron chi connectivity index (χ4n) is 3.68. The highest BCUT2D eigenvalue weighted by atomic mass is 32.2. The van der Waals surface area contributed by atoms with Crippen LogP contribution in [0, 0.1) is 6.92 Å². The molecule has 0 radical (unpaired) electrons.